The van der Waals surface area contributed by atoms with Crippen LogP contribution in [0.15, 0.2) is 17.3 Å². The standard InChI is InChI=1S/C4H9N4OPS2/c5-11-10(9,12-6)8-3-1-2-7-4-8/h1-2,4H,3,5-6H2. The quantitative estimate of drug-likeness (QED) is 0.553. The molecule has 4 N–H and O–H groups in total. The van der Waals surface area contributed by atoms with E-state index in [-0.39, 0.29) is 0 Å². The summed E-state index contributed by atoms with van der Waals surface area (Å²) >= 11 is 1.55. The van der Waals surface area contributed by atoms with Crippen LogP contribution >= 0.6 is 28.8 Å². The van der Waals surface area contributed by atoms with Crippen molar-refractivity contribution in [3.8, 4) is 0 Å². The van der Waals surface area contributed by atoms with Gasteiger partial charge in [-0.2, -0.15) is 0 Å². The molecule has 8 heteroatoms. The molecule has 0 amide bonds. The zero-order chi connectivity index (χ0) is 9.03. The third-order valence-corrected chi connectivity index (χ3v) is 7.10. The predicted molar refractivity (Wildman–Crippen MR) is 55.5 cm³/mol. The van der Waals surface area contributed by atoms with Crippen LogP contribution in [0.4, 0.5) is 0 Å². The van der Waals surface area contributed by atoms with E-state index in [1.807, 2.05) is 0 Å². The molecule has 0 aromatic rings. The molecule has 1 aliphatic rings. The number of aliphatic imine (C=N–C) groups is 1. The molecule has 0 unspecified atom stereocenters. The van der Waals surface area contributed by atoms with Gasteiger partial charge < -0.3 is 0 Å². The van der Waals surface area contributed by atoms with E-state index in [9.17, 15) is 4.57 Å². The Balaban J connectivity index is 2.74. The van der Waals surface area contributed by atoms with E-state index in [2.05, 4.69) is 4.99 Å². The van der Waals surface area contributed by atoms with E-state index < -0.39 is 5.70 Å². The van der Waals surface area contributed by atoms with Crippen molar-refractivity contribution in [3.63, 3.8) is 0 Å². The van der Waals surface area contributed by atoms with Crippen LogP contribution in [-0.2, 0) is 4.57 Å². The fourth-order valence-corrected chi connectivity index (χ4v) is 3.44. The van der Waals surface area contributed by atoms with Crippen molar-refractivity contribution < 1.29 is 4.57 Å². The predicted octanol–water partition coefficient (Wildman–Crippen LogP) is 1.17. The van der Waals surface area contributed by atoms with Crippen LogP contribution in [0, 0.1) is 0 Å². The molecule has 0 aliphatic carbocycles. The molecule has 12 heavy (non-hydrogen) atoms. The third-order valence-electron chi connectivity index (χ3n) is 1.26. The molecule has 0 radical (unpaired) electrons. The fraction of sp³-hybridized carbons (Fsp3) is 0.250. The SMILES string of the molecule is NSP(=O)(SN)N1C=NC=CC1. The Morgan fingerprint density at radius 2 is 2.17 bits per heavy atom. The Morgan fingerprint density at radius 3 is 2.58 bits per heavy atom. The molecule has 5 nitrogen and oxygen atoms in total. The zero-order valence-corrected chi connectivity index (χ0v) is 8.69. The van der Waals surface area contributed by atoms with E-state index in [4.69, 9.17) is 10.3 Å². The van der Waals surface area contributed by atoms with Gasteiger partial charge in [-0.15, -0.1) is 0 Å². The number of hydrogen-bond donors (Lipinski definition) is 2. The first-order valence-corrected chi connectivity index (χ1v) is 7.68. The molecule has 0 spiro atoms. The second-order valence-corrected chi connectivity index (χ2v) is 8.75. The number of rotatable bonds is 3. The maximum Gasteiger partial charge on any atom is 0.309 e. The molecule has 0 saturated carbocycles. The van der Waals surface area contributed by atoms with Crippen LogP contribution in [0.3, 0.4) is 0 Å². The molecule has 1 heterocycles. The summed E-state index contributed by atoms with van der Waals surface area (Å²) in [6.07, 6.45) is 4.92. The summed E-state index contributed by atoms with van der Waals surface area (Å²) in [5.74, 6) is 0. The summed E-state index contributed by atoms with van der Waals surface area (Å²) < 4.78 is 13.3. The second-order valence-electron chi connectivity index (χ2n) is 1.95. The average Bonchev–Trinajstić information content (AvgIpc) is 2.18. The van der Waals surface area contributed by atoms with E-state index in [1.165, 1.54) is 6.34 Å². The van der Waals surface area contributed by atoms with E-state index in [1.54, 1.807) is 16.9 Å². The maximum atomic E-state index is 11.8. The van der Waals surface area contributed by atoms with Crippen molar-refractivity contribution in [2.75, 3.05) is 6.54 Å². The average molecular weight is 224 g/mol. The zero-order valence-electron chi connectivity index (χ0n) is 6.16. The topological polar surface area (TPSA) is 84.7 Å². The van der Waals surface area contributed by atoms with Crippen molar-refractivity contribution in [2.45, 2.75) is 0 Å². The van der Waals surface area contributed by atoms with Gasteiger partial charge in [-0.3, -0.25) is 19.5 Å². The highest BCUT2D eigenvalue weighted by atomic mass is 33.1. The smallest absolute Gasteiger partial charge is 0.292 e. The Labute approximate surface area is 78.8 Å². The summed E-state index contributed by atoms with van der Waals surface area (Å²) in [6, 6.07) is 0. The monoisotopic (exact) mass is 224 g/mol. The van der Waals surface area contributed by atoms with Crippen molar-refractivity contribution in [1.29, 1.82) is 0 Å². The number of nitrogens with zero attached hydrogens (tertiary/aromatic N) is 2. The summed E-state index contributed by atoms with van der Waals surface area (Å²) in [5, 5.41) is 10.5. The molecule has 0 bridgehead atoms. The van der Waals surface area contributed by atoms with E-state index >= 15 is 0 Å². The van der Waals surface area contributed by atoms with E-state index in [0.29, 0.717) is 6.54 Å². The van der Waals surface area contributed by atoms with Crippen LogP contribution in [0.1, 0.15) is 0 Å². The third kappa shape index (κ3) is 2.05. The van der Waals surface area contributed by atoms with Crippen LogP contribution < -0.4 is 10.3 Å². The molecule has 0 atom stereocenters. The summed E-state index contributed by atoms with van der Waals surface area (Å²) in [4.78, 5) is 3.83. The van der Waals surface area contributed by atoms with Gasteiger partial charge in [0.15, 0.2) is 0 Å². The lowest BCUT2D eigenvalue weighted by molar-refractivity contribution is 0.561. The van der Waals surface area contributed by atoms with Gasteiger partial charge in [-0.1, -0.05) is 0 Å². The minimum Gasteiger partial charge on any atom is -0.292 e. The van der Waals surface area contributed by atoms with Crippen molar-refractivity contribution in [1.82, 2.24) is 4.67 Å². The van der Waals surface area contributed by atoms with Crippen molar-refractivity contribution in [2.24, 2.45) is 15.3 Å². The lowest BCUT2D eigenvalue weighted by Crippen LogP contribution is -2.19. The van der Waals surface area contributed by atoms with Gasteiger partial charge in [0.25, 0.3) is 0 Å². The normalized spacial score (nSPS) is 17.0. The number of hydrogen-bond acceptors (Lipinski definition) is 6. The van der Waals surface area contributed by atoms with Gasteiger partial charge in [0.2, 0.25) is 0 Å². The Bertz CT molecular complexity index is 247. The minimum absolute atomic E-state index is 0.537. The Morgan fingerprint density at radius 1 is 1.50 bits per heavy atom. The fourth-order valence-electron chi connectivity index (χ4n) is 0.688. The van der Waals surface area contributed by atoms with Gasteiger partial charge in [0, 0.05) is 35.9 Å². The van der Waals surface area contributed by atoms with Crippen LogP contribution in [0.25, 0.3) is 0 Å². The summed E-state index contributed by atoms with van der Waals surface area (Å²) in [6.45, 7) is 0.537. The maximum absolute atomic E-state index is 11.8. The van der Waals surface area contributed by atoms with Gasteiger partial charge >= 0.3 is 5.70 Å². The Hall–Kier alpha value is 0.0600. The number of nitrogens with two attached hydrogens (primary N) is 2. The minimum atomic E-state index is -2.73. The molecule has 0 fully saturated rings. The van der Waals surface area contributed by atoms with Gasteiger partial charge in [0.1, 0.15) is 0 Å². The molecule has 0 saturated heterocycles. The molecule has 68 valence electrons. The van der Waals surface area contributed by atoms with Gasteiger partial charge in [0.05, 0.1) is 6.34 Å². The highest BCUT2D eigenvalue weighted by molar-refractivity contribution is 8.89. The van der Waals surface area contributed by atoms with Crippen molar-refractivity contribution >= 4 is 35.2 Å². The van der Waals surface area contributed by atoms with Gasteiger partial charge in [-0.05, 0) is 6.08 Å². The first kappa shape index (κ1) is 10.1. The lowest BCUT2D eigenvalue weighted by Gasteiger charge is -2.25. The summed E-state index contributed by atoms with van der Waals surface area (Å²) in [5.41, 5.74) is -2.73. The van der Waals surface area contributed by atoms with Crippen LogP contribution in [0.5, 0.6) is 0 Å². The molecule has 1 aliphatic heterocycles. The summed E-state index contributed by atoms with van der Waals surface area (Å²) in [7, 11) is 0. The molecule has 0 aromatic carbocycles. The second kappa shape index (κ2) is 4.34. The molecular formula is C4H9N4OPS2. The van der Waals surface area contributed by atoms with Crippen molar-refractivity contribution in [3.05, 3.63) is 12.3 Å². The van der Waals surface area contributed by atoms with Crippen LogP contribution in [0.2, 0.25) is 0 Å². The molecular weight excluding hydrogens is 215 g/mol. The van der Waals surface area contributed by atoms with E-state index in [0.717, 1.165) is 23.1 Å². The molecule has 0 aromatic heterocycles. The first-order chi connectivity index (χ1) is 5.73. The van der Waals surface area contributed by atoms with Crippen LogP contribution in [-0.4, -0.2) is 17.6 Å². The largest absolute Gasteiger partial charge is 0.309 e. The van der Waals surface area contributed by atoms with Gasteiger partial charge in [-0.25, -0.2) is 4.99 Å². The molecule has 1 rings (SSSR count). The highest BCUT2D eigenvalue weighted by Crippen LogP contribution is 2.66. The first-order valence-electron chi connectivity index (χ1n) is 3.05. The lowest BCUT2D eigenvalue weighted by atomic mass is 10.6. The Kier molecular flexibility index (Phi) is 3.67. The highest BCUT2D eigenvalue weighted by Gasteiger charge is 2.28.